The van der Waals surface area contributed by atoms with Gasteiger partial charge in [0, 0.05) is 71.3 Å². The number of aryl methyl sites for hydroxylation is 1. The quantitative estimate of drug-likeness (QED) is 0.0396. The van der Waals surface area contributed by atoms with Gasteiger partial charge in [-0.1, -0.05) is 68.7 Å². The van der Waals surface area contributed by atoms with Gasteiger partial charge in [0.1, 0.15) is 53.4 Å². The van der Waals surface area contributed by atoms with Crippen molar-refractivity contribution >= 4 is 82.3 Å². The van der Waals surface area contributed by atoms with E-state index in [4.69, 9.17) is 41.0 Å². The number of anilines is 2. The number of imide groups is 1. The number of carbonyl (C=O) groups excluding carboxylic acids is 10. The van der Waals surface area contributed by atoms with E-state index in [1.165, 1.54) is 63.4 Å². The van der Waals surface area contributed by atoms with Crippen molar-refractivity contribution in [3.8, 4) is 5.75 Å². The minimum Gasteiger partial charge on any atom is -0.497 e. The van der Waals surface area contributed by atoms with Crippen molar-refractivity contribution in [2.24, 2.45) is 17.6 Å². The maximum Gasteiger partial charge on any atom is 0.328 e. The lowest BCUT2D eigenvalue weighted by Crippen LogP contribution is -2.54. The summed E-state index contributed by atoms with van der Waals surface area (Å²) in [7, 11) is 5.71. The number of nitrogens with one attached hydrogen (secondary N) is 4. The smallest absolute Gasteiger partial charge is 0.328 e. The third kappa shape index (κ3) is 17.3. The number of nitrogens with zero attached hydrogens (tertiary/aromatic N) is 3. The fourth-order valence-electron chi connectivity index (χ4n) is 11.0. The monoisotopic (exact) mass is 1230 g/mol. The van der Waals surface area contributed by atoms with Gasteiger partial charge >= 0.3 is 18.0 Å². The number of likely N-dealkylation sites (N-methyl/N-ethyl adjacent to an activating group) is 1. The van der Waals surface area contributed by atoms with Crippen molar-refractivity contribution in [2.75, 3.05) is 51.6 Å². The predicted molar refractivity (Wildman–Crippen MR) is 321 cm³/mol. The van der Waals surface area contributed by atoms with Gasteiger partial charge in [-0.25, -0.2) is 9.59 Å². The van der Waals surface area contributed by atoms with E-state index < -0.39 is 131 Å². The molecular weight excluding hydrogens is 1150 g/mol. The van der Waals surface area contributed by atoms with Gasteiger partial charge in [0.15, 0.2) is 0 Å². The molecule has 24 nitrogen and oxygen atoms in total. The van der Waals surface area contributed by atoms with Crippen LogP contribution in [0.1, 0.15) is 121 Å². The molecule has 0 saturated carbocycles. The second kappa shape index (κ2) is 29.8. The molecule has 4 bridgehead atoms. The average Bonchev–Trinajstić information content (AvgIpc) is 1.59. The van der Waals surface area contributed by atoms with E-state index in [0.717, 1.165) is 20.9 Å². The Balaban J connectivity index is 1.22. The standard InChI is InChI=1S/C62H83ClN8O16/c1-34(2)54(68-48(72)20-13-12-14-26-71-49(73)23-24-50(71)74)57(78)66-42(18-16-25-65-60(64)81)56(77)67-43-30-40(83-10)21-22-41(43)58(79)69(8)38(6)59(80)86-47-31-51(75)70(9)44-29-39(28-36(4)53(44)63)27-35(3)17-15-19-46(84-11)62(82)32-45(85-52(76)33-62)37(5)55-61(47,7)87-55/h15,17,19,21-24,28-30,34,37-38,42,45-47,54-55,82H,12-14,16,18,20,25-27,31-33H2,1-11H3,(H,66,78)(H,67,77)(H,68,72)(H3,64,65,81)/b19-15+,35-17+/t37-,38+,42+,45+,46-,47+,54+,55+,61+,62-/m1/s1. The summed E-state index contributed by atoms with van der Waals surface area (Å²) >= 11 is 6.89. The number of allylic oxidation sites excluding steroid dienone is 3. The largest absolute Gasteiger partial charge is 0.497 e. The number of benzene rings is 2. The van der Waals surface area contributed by atoms with Gasteiger partial charge in [-0.15, -0.1) is 0 Å². The first-order valence-electron chi connectivity index (χ1n) is 29.2. The van der Waals surface area contributed by atoms with E-state index in [-0.39, 0.29) is 62.2 Å². The highest BCUT2D eigenvalue weighted by Gasteiger charge is 2.64. The molecule has 4 aliphatic rings. The average molecular weight is 1230 g/mol. The van der Waals surface area contributed by atoms with Crippen LogP contribution >= 0.6 is 11.6 Å². The summed E-state index contributed by atoms with van der Waals surface area (Å²) in [5, 5.41) is 23.1. The lowest BCUT2D eigenvalue weighted by Gasteiger charge is -2.41. The van der Waals surface area contributed by atoms with Gasteiger partial charge in [-0.05, 0) is 95.0 Å². The van der Waals surface area contributed by atoms with Crippen LogP contribution in [0.25, 0.3) is 0 Å². The zero-order valence-corrected chi connectivity index (χ0v) is 52.1. The van der Waals surface area contributed by atoms with Crippen LogP contribution in [0.5, 0.6) is 5.75 Å². The predicted octanol–water partition coefficient (Wildman–Crippen LogP) is 4.88. The molecule has 2 fully saturated rings. The number of amides is 9. The number of halogens is 1. The Kier molecular flexibility index (Phi) is 23.5. The Morgan fingerprint density at radius 3 is 2.31 bits per heavy atom. The first-order valence-corrected chi connectivity index (χ1v) is 29.5. The minimum atomic E-state index is -1.67. The molecule has 7 N–H and O–H groups in total. The Hall–Kier alpha value is -7.67. The van der Waals surface area contributed by atoms with Gasteiger partial charge in [-0.3, -0.25) is 43.3 Å². The lowest BCUT2D eigenvalue weighted by molar-refractivity contribution is -0.187. The molecule has 0 aromatic heterocycles. The number of carbonyl (C=O) groups is 10. The van der Waals surface area contributed by atoms with E-state index in [2.05, 4.69) is 21.3 Å². The highest BCUT2D eigenvalue weighted by Crippen LogP contribution is 2.50. The first-order chi connectivity index (χ1) is 41.0. The number of esters is 2. The number of ether oxygens (including phenoxy) is 5. The molecule has 474 valence electrons. The van der Waals surface area contributed by atoms with E-state index in [9.17, 15) is 53.1 Å². The Morgan fingerprint density at radius 2 is 1.66 bits per heavy atom. The molecule has 10 atom stereocenters. The summed E-state index contributed by atoms with van der Waals surface area (Å²) in [6.45, 7) is 12.2. The van der Waals surface area contributed by atoms with E-state index in [1.54, 1.807) is 53.0 Å². The number of hydrogen-bond donors (Lipinski definition) is 6. The van der Waals surface area contributed by atoms with Crippen LogP contribution in [0.4, 0.5) is 16.2 Å². The maximum atomic E-state index is 14.7. The van der Waals surface area contributed by atoms with Crippen molar-refractivity contribution in [1.29, 1.82) is 0 Å². The summed E-state index contributed by atoms with van der Waals surface area (Å²) in [5.41, 5.74) is 4.93. The molecule has 2 aromatic carbocycles. The fourth-order valence-corrected chi connectivity index (χ4v) is 11.3. The number of aliphatic hydroxyl groups is 1. The Morgan fingerprint density at radius 1 is 0.954 bits per heavy atom. The second-order valence-electron chi connectivity index (χ2n) is 23.4. The van der Waals surface area contributed by atoms with Crippen LogP contribution in [0, 0.1) is 18.8 Å². The van der Waals surface area contributed by atoms with Crippen LogP contribution < -0.4 is 36.6 Å². The van der Waals surface area contributed by atoms with Crippen molar-refractivity contribution in [3.63, 3.8) is 0 Å². The van der Waals surface area contributed by atoms with Gasteiger partial charge in [0.05, 0.1) is 48.0 Å². The molecule has 2 aromatic rings. The molecule has 9 amide bonds. The lowest BCUT2D eigenvalue weighted by atomic mass is 9.78. The molecule has 87 heavy (non-hydrogen) atoms. The number of urea groups is 1. The summed E-state index contributed by atoms with van der Waals surface area (Å²) < 4.78 is 29.7. The number of fused-ring (bicyclic) bond motifs is 5. The first kappa shape index (κ1) is 68.4. The highest BCUT2D eigenvalue weighted by atomic mass is 35.5. The third-order valence-electron chi connectivity index (χ3n) is 16.5. The molecule has 0 aliphatic carbocycles. The van der Waals surface area contributed by atoms with E-state index >= 15 is 0 Å². The van der Waals surface area contributed by atoms with E-state index in [1.807, 2.05) is 26.0 Å². The number of primary amides is 1. The molecule has 0 radical (unpaired) electrons. The topological polar surface area (TPSA) is 324 Å². The fraction of sp³-hybridized carbons (Fsp3) is 0.548. The maximum absolute atomic E-state index is 14.7. The molecule has 25 heteroatoms. The van der Waals surface area contributed by atoms with Crippen molar-refractivity contribution < 1.29 is 76.7 Å². The number of methoxy groups -OCH3 is 2. The van der Waals surface area contributed by atoms with Crippen LogP contribution in [0.2, 0.25) is 5.02 Å². The normalized spacial score (nSPS) is 25.0. The molecule has 2 saturated heterocycles. The zero-order valence-electron chi connectivity index (χ0n) is 51.3. The molecule has 0 spiro atoms. The summed E-state index contributed by atoms with van der Waals surface area (Å²) in [5.74, 6) is -6.46. The minimum absolute atomic E-state index is 0.0293. The summed E-state index contributed by atoms with van der Waals surface area (Å²) in [6, 6.07) is 3.35. The molecule has 0 unspecified atom stereocenters. The number of rotatable bonds is 22. The molecule has 4 heterocycles. The molecule has 4 aliphatic heterocycles. The highest BCUT2D eigenvalue weighted by molar-refractivity contribution is 6.34. The van der Waals surface area contributed by atoms with E-state index in [0.29, 0.717) is 42.0 Å². The van der Waals surface area contributed by atoms with Crippen LogP contribution in [-0.4, -0.2) is 169 Å². The Labute approximate surface area is 512 Å². The van der Waals surface area contributed by atoms with Crippen molar-refractivity contribution in [1.82, 2.24) is 25.8 Å². The van der Waals surface area contributed by atoms with Gasteiger partial charge in [-0.2, -0.15) is 0 Å². The number of unbranched alkanes of at least 4 members (excludes halogenated alkanes) is 2. The van der Waals surface area contributed by atoms with Crippen LogP contribution in [0.15, 0.2) is 66.3 Å². The Bertz CT molecular complexity index is 3040. The van der Waals surface area contributed by atoms with Crippen LogP contribution in [0.3, 0.4) is 0 Å². The summed E-state index contributed by atoms with van der Waals surface area (Å²) in [4.78, 5) is 138. The van der Waals surface area contributed by atoms with Gasteiger partial charge < -0.3 is 65.6 Å². The number of epoxide rings is 1. The third-order valence-corrected chi connectivity index (χ3v) is 17.0. The van der Waals surface area contributed by atoms with Crippen molar-refractivity contribution in [3.05, 3.63) is 88.0 Å². The molecular formula is C62H83ClN8O16. The summed E-state index contributed by atoms with van der Waals surface area (Å²) in [6.07, 6.45) is 4.99. The van der Waals surface area contributed by atoms with Crippen molar-refractivity contribution in [2.45, 2.75) is 166 Å². The molecule has 6 rings (SSSR count). The SMILES string of the molecule is COc1ccc(C(=O)N(C)[C@@H](C)C(=O)O[C@H]2CC(=O)N(C)c3cc(cc(C)c3Cl)C/C(C)=C/C=C/[C@@H](OC)[C@]3(O)CC(=O)O[C@@H](C3)[C@@H](C)[C@@H]3O[C@@]23C)c(NC(=O)[C@H](CCCNC(N)=O)NC(=O)[C@@H](NC(=O)CCCCCN2C(=O)C=CC2=O)C(C)C)c1. The van der Waals surface area contributed by atoms with Gasteiger partial charge in [0.2, 0.25) is 23.6 Å². The zero-order chi connectivity index (χ0) is 64.2. The number of hydrogen-bond acceptors (Lipinski definition) is 16. The second-order valence-corrected chi connectivity index (χ2v) is 23.8. The van der Waals surface area contributed by atoms with Gasteiger partial charge in [0.25, 0.3) is 17.7 Å². The van der Waals surface area contributed by atoms with Crippen LogP contribution in [-0.2, 0) is 63.7 Å². The number of nitrogens with two attached hydrogens (primary N) is 1.